The van der Waals surface area contributed by atoms with Gasteiger partial charge in [0.2, 0.25) is 5.96 Å². The van der Waals surface area contributed by atoms with Gasteiger partial charge in [0.15, 0.2) is 9.84 Å². The van der Waals surface area contributed by atoms with Crippen molar-refractivity contribution in [3.05, 3.63) is 59.9 Å². The number of nitrogens with zero attached hydrogens (tertiary/aromatic N) is 3. The fourth-order valence-corrected chi connectivity index (χ4v) is 2.26. The molecule has 122 valence electrons. The lowest BCUT2D eigenvalue weighted by molar-refractivity contribution is 0.601. The predicted molar refractivity (Wildman–Crippen MR) is 92.5 cm³/mol. The highest BCUT2D eigenvalue weighted by atomic mass is 35.5. The maximum atomic E-state index is 11.5. The van der Waals surface area contributed by atoms with Gasteiger partial charge in [-0.25, -0.2) is 8.42 Å². The standard InChI is InChI=1S/C14H15N5O2S.ClH/c1-22(20,21)11-7-8-12(17-9-11)13(18-19-14(15)16)10-5-3-2-4-6-10;/h2-9H,1H3,(H4,15,16,19);1H/b18-13-;. The second kappa shape index (κ2) is 7.70. The summed E-state index contributed by atoms with van der Waals surface area (Å²) in [6.45, 7) is 0. The molecule has 0 aliphatic heterocycles. The number of sulfone groups is 1. The minimum atomic E-state index is -3.31. The maximum Gasteiger partial charge on any atom is 0.211 e. The molecule has 0 aliphatic carbocycles. The van der Waals surface area contributed by atoms with E-state index in [0.717, 1.165) is 11.8 Å². The van der Waals surface area contributed by atoms with Crippen molar-refractivity contribution in [2.75, 3.05) is 6.26 Å². The number of nitrogens with two attached hydrogens (primary N) is 2. The summed E-state index contributed by atoms with van der Waals surface area (Å²) in [5.41, 5.74) is 12.3. The van der Waals surface area contributed by atoms with E-state index in [4.69, 9.17) is 11.5 Å². The van der Waals surface area contributed by atoms with Gasteiger partial charge in [0, 0.05) is 18.0 Å². The van der Waals surface area contributed by atoms with Crippen molar-refractivity contribution >= 4 is 33.9 Å². The minimum Gasteiger partial charge on any atom is -0.369 e. The Bertz CT molecular complexity index is 814. The van der Waals surface area contributed by atoms with Crippen molar-refractivity contribution in [1.29, 1.82) is 0 Å². The molecular formula is C14H16ClN5O2S. The van der Waals surface area contributed by atoms with Crippen LogP contribution < -0.4 is 11.5 Å². The second-order valence-corrected chi connectivity index (χ2v) is 6.51. The van der Waals surface area contributed by atoms with E-state index in [0.29, 0.717) is 11.4 Å². The van der Waals surface area contributed by atoms with E-state index in [2.05, 4.69) is 15.2 Å². The smallest absolute Gasteiger partial charge is 0.211 e. The van der Waals surface area contributed by atoms with E-state index in [1.807, 2.05) is 30.3 Å². The van der Waals surface area contributed by atoms with Gasteiger partial charge in [0.25, 0.3) is 0 Å². The van der Waals surface area contributed by atoms with Crippen LogP contribution in [0.5, 0.6) is 0 Å². The highest BCUT2D eigenvalue weighted by molar-refractivity contribution is 7.90. The third-order valence-corrected chi connectivity index (χ3v) is 3.82. The van der Waals surface area contributed by atoms with Crippen molar-refractivity contribution in [1.82, 2.24) is 4.98 Å². The molecule has 0 saturated heterocycles. The predicted octanol–water partition coefficient (Wildman–Crippen LogP) is 0.933. The summed E-state index contributed by atoms with van der Waals surface area (Å²) in [6.07, 6.45) is 2.40. The third-order valence-electron chi connectivity index (χ3n) is 2.72. The summed E-state index contributed by atoms with van der Waals surface area (Å²) in [4.78, 5) is 4.27. The zero-order chi connectivity index (χ0) is 16.2. The van der Waals surface area contributed by atoms with Crippen LogP contribution in [0.4, 0.5) is 0 Å². The number of benzene rings is 1. The first-order valence-corrected chi connectivity index (χ1v) is 8.15. The van der Waals surface area contributed by atoms with Gasteiger partial charge in [-0.15, -0.1) is 22.6 Å². The van der Waals surface area contributed by atoms with Crippen LogP contribution in [0, 0.1) is 0 Å². The second-order valence-electron chi connectivity index (χ2n) is 4.49. The molecule has 0 unspecified atom stereocenters. The lowest BCUT2D eigenvalue weighted by Gasteiger charge is -2.05. The van der Waals surface area contributed by atoms with Crippen LogP contribution >= 0.6 is 12.4 Å². The molecule has 1 aromatic carbocycles. The van der Waals surface area contributed by atoms with Crippen LogP contribution in [-0.2, 0) is 9.84 Å². The van der Waals surface area contributed by atoms with Crippen LogP contribution in [0.3, 0.4) is 0 Å². The number of hydrogen-bond acceptors (Lipinski definition) is 5. The van der Waals surface area contributed by atoms with Crippen LogP contribution in [0.15, 0.2) is 63.8 Å². The molecule has 0 fully saturated rings. The molecule has 2 rings (SSSR count). The molecule has 0 spiro atoms. The maximum absolute atomic E-state index is 11.5. The van der Waals surface area contributed by atoms with E-state index in [1.165, 1.54) is 12.3 Å². The molecule has 0 bridgehead atoms. The molecule has 1 heterocycles. The van der Waals surface area contributed by atoms with Gasteiger partial charge in [-0.05, 0) is 12.1 Å². The van der Waals surface area contributed by atoms with Gasteiger partial charge in [-0.1, -0.05) is 30.3 Å². The first-order chi connectivity index (χ1) is 10.4. The molecule has 7 nitrogen and oxygen atoms in total. The molecule has 0 amide bonds. The Hall–Kier alpha value is -2.45. The Morgan fingerprint density at radius 2 is 1.70 bits per heavy atom. The van der Waals surface area contributed by atoms with Crippen molar-refractivity contribution in [2.24, 2.45) is 21.7 Å². The molecule has 1 aromatic heterocycles. The first-order valence-electron chi connectivity index (χ1n) is 6.26. The molecule has 0 saturated carbocycles. The van der Waals surface area contributed by atoms with Crippen molar-refractivity contribution < 1.29 is 8.42 Å². The molecular weight excluding hydrogens is 338 g/mol. The number of hydrogen-bond donors (Lipinski definition) is 2. The molecule has 9 heteroatoms. The van der Waals surface area contributed by atoms with Crippen molar-refractivity contribution in [3.8, 4) is 0 Å². The number of pyridine rings is 1. The lowest BCUT2D eigenvalue weighted by Crippen LogP contribution is -2.22. The largest absolute Gasteiger partial charge is 0.369 e. The summed E-state index contributed by atoms with van der Waals surface area (Å²) in [7, 11) is -3.31. The Morgan fingerprint density at radius 1 is 1.04 bits per heavy atom. The third kappa shape index (κ3) is 5.04. The van der Waals surface area contributed by atoms with E-state index in [-0.39, 0.29) is 23.3 Å². The monoisotopic (exact) mass is 353 g/mol. The molecule has 4 N–H and O–H groups in total. The van der Waals surface area contributed by atoms with E-state index < -0.39 is 9.84 Å². The summed E-state index contributed by atoms with van der Waals surface area (Å²) in [6, 6.07) is 12.2. The molecule has 0 radical (unpaired) electrons. The Morgan fingerprint density at radius 3 is 2.17 bits per heavy atom. The van der Waals surface area contributed by atoms with E-state index in [1.54, 1.807) is 6.07 Å². The van der Waals surface area contributed by atoms with Crippen LogP contribution in [-0.4, -0.2) is 31.3 Å². The topological polar surface area (TPSA) is 124 Å². The highest BCUT2D eigenvalue weighted by Gasteiger charge is 2.12. The van der Waals surface area contributed by atoms with E-state index >= 15 is 0 Å². The SMILES string of the molecule is CS(=O)(=O)c1ccc(/C(=N\N=C(N)N)c2ccccc2)nc1.Cl. The minimum absolute atomic E-state index is 0. The van der Waals surface area contributed by atoms with Gasteiger partial charge >= 0.3 is 0 Å². The number of aromatic nitrogens is 1. The average Bonchev–Trinajstić information content (AvgIpc) is 2.48. The quantitative estimate of drug-likeness (QED) is 0.480. The van der Waals surface area contributed by atoms with Crippen molar-refractivity contribution in [2.45, 2.75) is 4.90 Å². The summed E-state index contributed by atoms with van der Waals surface area (Å²) >= 11 is 0. The Labute approximate surface area is 140 Å². The Balaban J connectivity index is 0.00000264. The van der Waals surface area contributed by atoms with Crippen molar-refractivity contribution in [3.63, 3.8) is 0 Å². The molecule has 2 aromatic rings. The zero-order valence-corrected chi connectivity index (χ0v) is 13.9. The zero-order valence-electron chi connectivity index (χ0n) is 12.2. The fraction of sp³-hybridized carbons (Fsp3) is 0.0714. The Kier molecular flexibility index (Phi) is 6.23. The van der Waals surface area contributed by atoms with Crippen LogP contribution in [0.1, 0.15) is 11.3 Å². The lowest BCUT2D eigenvalue weighted by atomic mass is 10.1. The molecule has 0 atom stereocenters. The molecule has 0 aliphatic rings. The van der Waals surface area contributed by atoms with Crippen LogP contribution in [0.2, 0.25) is 0 Å². The van der Waals surface area contributed by atoms with Gasteiger partial charge in [-0.3, -0.25) is 4.98 Å². The highest BCUT2D eigenvalue weighted by Crippen LogP contribution is 2.12. The number of rotatable bonds is 4. The van der Waals surface area contributed by atoms with Gasteiger partial charge in [0.05, 0.1) is 10.6 Å². The van der Waals surface area contributed by atoms with Crippen LogP contribution in [0.25, 0.3) is 0 Å². The van der Waals surface area contributed by atoms with Gasteiger partial charge < -0.3 is 11.5 Å². The number of guanidine groups is 1. The normalized spacial score (nSPS) is 11.4. The molecule has 23 heavy (non-hydrogen) atoms. The summed E-state index contributed by atoms with van der Waals surface area (Å²) in [5.74, 6) is -0.179. The summed E-state index contributed by atoms with van der Waals surface area (Å²) < 4.78 is 22.9. The van der Waals surface area contributed by atoms with Gasteiger partial charge in [-0.2, -0.15) is 0 Å². The fourth-order valence-electron chi connectivity index (χ4n) is 1.70. The van der Waals surface area contributed by atoms with E-state index in [9.17, 15) is 8.42 Å². The number of halogens is 1. The summed E-state index contributed by atoms with van der Waals surface area (Å²) in [5, 5.41) is 7.65. The first kappa shape index (κ1) is 18.6. The van der Waals surface area contributed by atoms with Gasteiger partial charge in [0.1, 0.15) is 5.71 Å². The average molecular weight is 354 g/mol.